The van der Waals surface area contributed by atoms with E-state index in [1.54, 1.807) is 26.2 Å². The SMILES string of the molecule is CCCN(CC(=O)N(C)C)Cc1cccc(F)c1O. The lowest BCUT2D eigenvalue weighted by molar-refractivity contribution is -0.130. The highest BCUT2D eigenvalue weighted by Gasteiger charge is 2.15. The minimum atomic E-state index is -0.632. The number of phenols is 1. The molecule has 5 heteroatoms. The van der Waals surface area contributed by atoms with Crippen molar-refractivity contribution in [1.82, 2.24) is 9.80 Å². The number of carbonyl (C=O) groups excluding carboxylic acids is 1. The lowest BCUT2D eigenvalue weighted by atomic mass is 10.1. The molecule has 1 aromatic carbocycles. The third kappa shape index (κ3) is 4.52. The summed E-state index contributed by atoms with van der Waals surface area (Å²) in [5.74, 6) is -0.974. The molecule has 19 heavy (non-hydrogen) atoms. The number of likely N-dealkylation sites (N-methyl/N-ethyl adjacent to an activating group) is 1. The molecule has 0 fully saturated rings. The van der Waals surface area contributed by atoms with Crippen LogP contribution in [0.3, 0.4) is 0 Å². The van der Waals surface area contributed by atoms with Crippen molar-refractivity contribution in [2.24, 2.45) is 0 Å². The molecule has 1 amide bonds. The van der Waals surface area contributed by atoms with E-state index in [2.05, 4.69) is 0 Å². The number of carbonyl (C=O) groups is 1. The smallest absolute Gasteiger partial charge is 0.236 e. The average molecular weight is 268 g/mol. The summed E-state index contributed by atoms with van der Waals surface area (Å²) in [6.45, 7) is 3.35. The molecule has 0 heterocycles. The van der Waals surface area contributed by atoms with Crippen LogP contribution >= 0.6 is 0 Å². The zero-order chi connectivity index (χ0) is 14.4. The summed E-state index contributed by atoms with van der Waals surface area (Å²) in [5.41, 5.74) is 0.500. The second-order valence-electron chi connectivity index (χ2n) is 4.75. The van der Waals surface area contributed by atoms with Crippen molar-refractivity contribution in [3.8, 4) is 5.75 Å². The molecular weight excluding hydrogens is 247 g/mol. The zero-order valence-corrected chi connectivity index (χ0v) is 11.7. The van der Waals surface area contributed by atoms with Crippen LogP contribution in [0.2, 0.25) is 0 Å². The number of aromatic hydroxyl groups is 1. The van der Waals surface area contributed by atoms with E-state index >= 15 is 0 Å². The molecule has 0 radical (unpaired) electrons. The molecule has 0 spiro atoms. The van der Waals surface area contributed by atoms with Crippen molar-refractivity contribution in [2.45, 2.75) is 19.9 Å². The Balaban J connectivity index is 2.78. The predicted octanol–water partition coefficient (Wildman–Crippen LogP) is 1.83. The summed E-state index contributed by atoms with van der Waals surface area (Å²) >= 11 is 0. The minimum absolute atomic E-state index is 0.00987. The molecule has 0 saturated heterocycles. The fourth-order valence-electron chi connectivity index (χ4n) is 1.79. The van der Waals surface area contributed by atoms with Crippen molar-refractivity contribution in [2.75, 3.05) is 27.2 Å². The summed E-state index contributed by atoms with van der Waals surface area (Å²) in [4.78, 5) is 15.1. The molecular formula is C14H21FN2O2. The van der Waals surface area contributed by atoms with Gasteiger partial charge in [0.15, 0.2) is 11.6 Å². The molecule has 106 valence electrons. The van der Waals surface area contributed by atoms with E-state index < -0.39 is 5.82 Å². The maximum atomic E-state index is 13.3. The monoisotopic (exact) mass is 268 g/mol. The molecule has 0 atom stereocenters. The van der Waals surface area contributed by atoms with E-state index in [1.165, 1.54) is 11.0 Å². The second-order valence-corrected chi connectivity index (χ2v) is 4.75. The number of phenolic OH excluding ortho intramolecular Hbond substituents is 1. The van der Waals surface area contributed by atoms with Crippen LogP contribution in [0.15, 0.2) is 18.2 Å². The lowest BCUT2D eigenvalue weighted by Gasteiger charge is -2.23. The van der Waals surface area contributed by atoms with Gasteiger partial charge >= 0.3 is 0 Å². The first-order chi connectivity index (χ1) is 8.95. The van der Waals surface area contributed by atoms with Crippen LogP contribution in [0.25, 0.3) is 0 Å². The highest BCUT2D eigenvalue weighted by atomic mass is 19.1. The third-order valence-corrected chi connectivity index (χ3v) is 2.86. The first kappa shape index (κ1) is 15.4. The van der Waals surface area contributed by atoms with Crippen molar-refractivity contribution < 1.29 is 14.3 Å². The Morgan fingerprint density at radius 2 is 2.05 bits per heavy atom. The van der Waals surface area contributed by atoms with Crippen molar-refractivity contribution >= 4 is 5.91 Å². The van der Waals surface area contributed by atoms with Gasteiger partial charge in [-0.05, 0) is 19.0 Å². The fourth-order valence-corrected chi connectivity index (χ4v) is 1.79. The number of hydrogen-bond donors (Lipinski definition) is 1. The van der Waals surface area contributed by atoms with Crippen LogP contribution < -0.4 is 0 Å². The van der Waals surface area contributed by atoms with E-state index in [4.69, 9.17) is 0 Å². The molecule has 0 aliphatic rings. The largest absolute Gasteiger partial charge is 0.505 e. The van der Waals surface area contributed by atoms with Crippen LogP contribution in [0.5, 0.6) is 5.75 Å². The van der Waals surface area contributed by atoms with Crippen LogP contribution in [0.4, 0.5) is 4.39 Å². The van der Waals surface area contributed by atoms with Gasteiger partial charge in [0.25, 0.3) is 0 Å². The van der Waals surface area contributed by atoms with E-state index in [1.807, 2.05) is 11.8 Å². The van der Waals surface area contributed by atoms with Crippen LogP contribution in [0.1, 0.15) is 18.9 Å². The van der Waals surface area contributed by atoms with Gasteiger partial charge < -0.3 is 10.0 Å². The van der Waals surface area contributed by atoms with E-state index in [0.29, 0.717) is 12.1 Å². The Kier molecular flexibility index (Phi) is 5.76. The van der Waals surface area contributed by atoms with Crippen LogP contribution in [-0.4, -0.2) is 48.0 Å². The van der Waals surface area contributed by atoms with Gasteiger partial charge in [-0.15, -0.1) is 0 Å². The highest BCUT2D eigenvalue weighted by molar-refractivity contribution is 5.77. The van der Waals surface area contributed by atoms with Gasteiger partial charge in [0, 0.05) is 26.2 Å². The highest BCUT2D eigenvalue weighted by Crippen LogP contribution is 2.22. The molecule has 0 unspecified atom stereocenters. The van der Waals surface area contributed by atoms with Gasteiger partial charge in [0.2, 0.25) is 5.91 Å². The van der Waals surface area contributed by atoms with Gasteiger partial charge in [0.1, 0.15) is 0 Å². The third-order valence-electron chi connectivity index (χ3n) is 2.86. The zero-order valence-electron chi connectivity index (χ0n) is 11.7. The Hall–Kier alpha value is -1.62. The maximum absolute atomic E-state index is 13.3. The minimum Gasteiger partial charge on any atom is -0.505 e. The molecule has 1 N–H and O–H groups in total. The number of nitrogens with zero attached hydrogens (tertiary/aromatic N) is 2. The number of hydrogen-bond acceptors (Lipinski definition) is 3. The number of amides is 1. The van der Waals surface area contributed by atoms with Crippen LogP contribution in [-0.2, 0) is 11.3 Å². The maximum Gasteiger partial charge on any atom is 0.236 e. The van der Waals surface area contributed by atoms with Crippen molar-refractivity contribution in [3.05, 3.63) is 29.6 Å². The Morgan fingerprint density at radius 3 is 2.63 bits per heavy atom. The Morgan fingerprint density at radius 1 is 1.37 bits per heavy atom. The van der Waals surface area contributed by atoms with Crippen molar-refractivity contribution in [1.29, 1.82) is 0 Å². The number of para-hydroxylation sites is 1. The first-order valence-electron chi connectivity index (χ1n) is 6.34. The van der Waals surface area contributed by atoms with Gasteiger partial charge in [-0.1, -0.05) is 19.1 Å². The van der Waals surface area contributed by atoms with Gasteiger partial charge in [0.05, 0.1) is 6.54 Å². The molecule has 1 aromatic rings. The van der Waals surface area contributed by atoms with E-state index in [9.17, 15) is 14.3 Å². The molecule has 1 rings (SSSR count). The van der Waals surface area contributed by atoms with E-state index in [-0.39, 0.29) is 18.2 Å². The van der Waals surface area contributed by atoms with Crippen LogP contribution in [0, 0.1) is 5.82 Å². The molecule has 4 nitrogen and oxygen atoms in total. The standard InChI is InChI=1S/C14H21FN2O2/c1-4-8-17(10-13(18)16(2)3)9-11-6-5-7-12(15)14(11)19/h5-7,19H,4,8-10H2,1-3H3. The molecule has 0 aliphatic heterocycles. The summed E-state index contributed by atoms with van der Waals surface area (Å²) in [5, 5.41) is 9.66. The molecule has 0 bridgehead atoms. The molecule has 0 saturated carbocycles. The lowest BCUT2D eigenvalue weighted by Crippen LogP contribution is -2.36. The van der Waals surface area contributed by atoms with Gasteiger partial charge in [-0.3, -0.25) is 9.69 Å². The van der Waals surface area contributed by atoms with Crippen molar-refractivity contribution in [3.63, 3.8) is 0 Å². The topological polar surface area (TPSA) is 43.8 Å². The normalized spacial score (nSPS) is 10.8. The first-order valence-corrected chi connectivity index (χ1v) is 6.34. The number of halogens is 1. The molecule has 0 aliphatic carbocycles. The summed E-state index contributed by atoms with van der Waals surface area (Å²) in [6, 6.07) is 4.44. The Labute approximate surface area is 113 Å². The fraction of sp³-hybridized carbons (Fsp3) is 0.500. The summed E-state index contributed by atoms with van der Waals surface area (Å²) in [7, 11) is 3.40. The summed E-state index contributed by atoms with van der Waals surface area (Å²) in [6.07, 6.45) is 0.886. The quantitative estimate of drug-likeness (QED) is 0.856. The van der Waals surface area contributed by atoms with E-state index in [0.717, 1.165) is 13.0 Å². The predicted molar refractivity (Wildman–Crippen MR) is 72.3 cm³/mol. The second kappa shape index (κ2) is 7.09. The molecule has 0 aromatic heterocycles. The number of benzene rings is 1. The average Bonchev–Trinajstić information content (AvgIpc) is 2.35. The van der Waals surface area contributed by atoms with Gasteiger partial charge in [-0.25, -0.2) is 4.39 Å². The number of rotatable bonds is 6. The Bertz CT molecular complexity index is 435. The van der Waals surface area contributed by atoms with Gasteiger partial charge in [-0.2, -0.15) is 0 Å². The summed E-state index contributed by atoms with van der Waals surface area (Å²) < 4.78 is 13.3.